The van der Waals surface area contributed by atoms with Gasteiger partial charge in [-0.15, -0.1) is 5.75 Å². The van der Waals surface area contributed by atoms with Crippen LogP contribution in [0, 0.1) is 0 Å². The van der Waals surface area contributed by atoms with Crippen LogP contribution in [0.2, 0.25) is 0 Å². The standard InChI is InChI=1S/C10H8O.Li/c11-10-7-3-5-8-4-1-2-6-9(8)10;/h1-7,11H;/q;+1/p-1. The molecule has 12 heavy (non-hydrogen) atoms. The average Bonchev–Trinajstić information content (AvgIpc) is 2.06. The first-order chi connectivity index (χ1) is 5.38. The molecule has 1 nitrogen and oxygen atoms in total. The predicted octanol–water partition coefficient (Wildman–Crippen LogP) is -1.08. The molecule has 0 aliphatic heterocycles. The number of hydrogen-bond donors (Lipinski definition) is 0. The fourth-order valence-corrected chi connectivity index (χ4v) is 1.20. The van der Waals surface area contributed by atoms with Crippen LogP contribution in [0.3, 0.4) is 0 Å². The van der Waals surface area contributed by atoms with E-state index in [1.54, 1.807) is 12.1 Å². The molecule has 0 radical (unpaired) electrons. The maximum Gasteiger partial charge on any atom is 1.00 e. The van der Waals surface area contributed by atoms with Gasteiger partial charge in [0.25, 0.3) is 0 Å². The molecule has 0 amide bonds. The summed E-state index contributed by atoms with van der Waals surface area (Å²) in [4.78, 5) is 0. The van der Waals surface area contributed by atoms with Crippen LogP contribution in [-0.2, 0) is 0 Å². The van der Waals surface area contributed by atoms with Gasteiger partial charge in [0.05, 0.1) is 0 Å². The molecule has 2 heteroatoms. The molecule has 0 unspecified atom stereocenters. The van der Waals surface area contributed by atoms with Gasteiger partial charge in [-0.05, 0) is 10.8 Å². The summed E-state index contributed by atoms with van der Waals surface area (Å²) in [7, 11) is 0. The Morgan fingerprint density at radius 1 is 0.833 bits per heavy atom. The number of rotatable bonds is 0. The zero-order valence-corrected chi connectivity index (χ0v) is 6.95. The molecule has 0 aliphatic rings. The van der Waals surface area contributed by atoms with Crippen LogP contribution >= 0.6 is 0 Å². The molecule has 0 bridgehead atoms. The van der Waals surface area contributed by atoms with Gasteiger partial charge in [-0.2, -0.15) is 0 Å². The van der Waals surface area contributed by atoms with E-state index in [1.165, 1.54) is 0 Å². The maximum atomic E-state index is 11.2. The van der Waals surface area contributed by atoms with E-state index in [4.69, 9.17) is 0 Å². The Hall–Kier alpha value is -0.903. The number of fused-ring (bicyclic) bond motifs is 1. The summed E-state index contributed by atoms with van der Waals surface area (Å²) in [5, 5.41) is 13.0. The van der Waals surface area contributed by atoms with Crippen LogP contribution < -0.4 is 24.0 Å². The van der Waals surface area contributed by atoms with Crippen molar-refractivity contribution in [2.24, 2.45) is 0 Å². The van der Waals surface area contributed by atoms with Gasteiger partial charge in [-0.25, -0.2) is 0 Å². The molecule has 2 rings (SSSR count). The summed E-state index contributed by atoms with van der Waals surface area (Å²) in [6, 6.07) is 12.9. The normalized spacial score (nSPS) is 9.33. The van der Waals surface area contributed by atoms with Crippen molar-refractivity contribution in [1.29, 1.82) is 0 Å². The summed E-state index contributed by atoms with van der Waals surface area (Å²) >= 11 is 0. The molecule has 2 aromatic carbocycles. The molecular formula is C10H7LiO. The summed E-state index contributed by atoms with van der Waals surface area (Å²) in [6.45, 7) is 0. The Kier molecular flexibility index (Phi) is 2.81. The Bertz CT molecular complexity index is 379. The minimum absolute atomic E-state index is 0. The molecule has 0 heterocycles. The first-order valence-electron chi connectivity index (χ1n) is 3.53. The molecule has 0 saturated heterocycles. The van der Waals surface area contributed by atoms with E-state index in [2.05, 4.69) is 0 Å². The van der Waals surface area contributed by atoms with Crippen LogP contribution in [0.25, 0.3) is 10.8 Å². The van der Waals surface area contributed by atoms with Gasteiger partial charge in [0.2, 0.25) is 0 Å². The minimum atomic E-state index is 0. The third-order valence-corrected chi connectivity index (χ3v) is 1.75. The zero-order chi connectivity index (χ0) is 7.68. The van der Waals surface area contributed by atoms with Crippen LogP contribution in [0.4, 0.5) is 0 Å². The van der Waals surface area contributed by atoms with Gasteiger partial charge in [-0.3, -0.25) is 0 Å². The minimum Gasteiger partial charge on any atom is -0.872 e. The molecule has 54 valence electrons. The third-order valence-electron chi connectivity index (χ3n) is 1.75. The molecule has 0 aromatic heterocycles. The molecular weight excluding hydrogens is 143 g/mol. The average molecular weight is 150 g/mol. The second kappa shape index (κ2) is 3.67. The van der Waals surface area contributed by atoms with Crippen molar-refractivity contribution in [2.45, 2.75) is 0 Å². The molecule has 0 atom stereocenters. The first kappa shape index (κ1) is 9.19. The summed E-state index contributed by atoms with van der Waals surface area (Å²) in [5.41, 5.74) is 0. The smallest absolute Gasteiger partial charge is 0.872 e. The van der Waals surface area contributed by atoms with Crippen LogP contribution in [0.15, 0.2) is 42.5 Å². The van der Waals surface area contributed by atoms with Crippen molar-refractivity contribution in [3.8, 4) is 5.75 Å². The van der Waals surface area contributed by atoms with Gasteiger partial charge >= 0.3 is 18.9 Å². The van der Waals surface area contributed by atoms with E-state index in [-0.39, 0.29) is 24.6 Å². The van der Waals surface area contributed by atoms with Crippen molar-refractivity contribution in [3.63, 3.8) is 0 Å². The quantitative estimate of drug-likeness (QED) is 0.438. The monoisotopic (exact) mass is 150 g/mol. The van der Waals surface area contributed by atoms with Crippen molar-refractivity contribution >= 4 is 10.8 Å². The fraction of sp³-hybridized carbons (Fsp3) is 0. The fourth-order valence-electron chi connectivity index (χ4n) is 1.20. The maximum absolute atomic E-state index is 11.2. The SMILES string of the molecule is [Li+].[O-]c1cccc2ccccc12. The second-order valence-electron chi connectivity index (χ2n) is 2.48. The molecule has 0 saturated carbocycles. The van der Waals surface area contributed by atoms with Crippen LogP contribution in [-0.4, -0.2) is 0 Å². The van der Waals surface area contributed by atoms with Crippen molar-refractivity contribution in [3.05, 3.63) is 42.5 Å². The van der Waals surface area contributed by atoms with Gasteiger partial charge in [-0.1, -0.05) is 42.5 Å². The largest absolute Gasteiger partial charge is 1.00 e. The van der Waals surface area contributed by atoms with Gasteiger partial charge in [0.15, 0.2) is 0 Å². The Morgan fingerprint density at radius 2 is 1.50 bits per heavy atom. The van der Waals surface area contributed by atoms with E-state index in [9.17, 15) is 5.11 Å². The van der Waals surface area contributed by atoms with E-state index in [0.29, 0.717) is 0 Å². The van der Waals surface area contributed by atoms with E-state index < -0.39 is 0 Å². The summed E-state index contributed by atoms with van der Waals surface area (Å²) < 4.78 is 0. The van der Waals surface area contributed by atoms with E-state index >= 15 is 0 Å². The van der Waals surface area contributed by atoms with Gasteiger partial charge in [0.1, 0.15) is 0 Å². The summed E-state index contributed by atoms with van der Waals surface area (Å²) in [6.07, 6.45) is 0. The van der Waals surface area contributed by atoms with Gasteiger partial charge in [0, 0.05) is 0 Å². The van der Waals surface area contributed by atoms with Crippen LogP contribution in [0.5, 0.6) is 5.75 Å². The van der Waals surface area contributed by atoms with E-state index in [1.807, 2.05) is 30.3 Å². The van der Waals surface area contributed by atoms with Crippen molar-refractivity contribution < 1.29 is 24.0 Å². The third kappa shape index (κ3) is 1.48. The van der Waals surface area contributed by atoms with Crippen molar-refractivity contribution in [2.75, 3.05) is 0 Å². The number of benzene rings is 2. The Labute approximate surface area is 83.2 Å². The molecule has 2 aromatic rings. The molecule has 0 N–H and O–H groups in total. The Balaban J connectivity index is 0.000000720. The zero-order valence-electron chi connectivity index (χ0n) is 6.95. The van der Waals surface area contributed by atoms with Gasteiger partial charge < -0.3 is 5.11 Å². The number of hydrogen-bond acceptors (Lipinski definition) is 1. The van der Waals surface area contributed by atoms with Crippen molar-refractivity contribution in [1.82, 2.24) is 0 Å². The van der Waals surface area contributed by atoms with E-state index in [0.717, 1.165) is 10.8 Å². The Morgan fingerprint density at radius 3 is 2.25 bits per heavy atom. The molecule has 0 spiro atoms. The second-order valence-corrected chi connectivity index (χ2v) is 2.48. The van der Waals surface area contributed by atoms with Crippen LogP contribution in [0.1, 0.15) is 0 Å². The topological polar surface area (TPSA) is 23.1 Å². The molecule has 0 aliphatic carbocycles. The molecule has 0 fully saturated rings. The summed E-state index contributed by atoms with van der Waals surface area (Å²) in [5.74, 6) is 0.100. The predicted molar refractivity (Wildman–Crippen MR) is 43.4 cm³/mol. The first-order valence-corrected chi connectivity index (χ1v) is 3.53.